The van der Waals surface area contributed by atoms with Crippen LogP contribution in [-0.4, -0.2) is 54.3 Å². The summed E-state index contributed by atoms with van der Waals surface area (Å²) in [5, 5.41) is 0. The predicted molar refractivity (Wildman–Crippen MR) is 112 cm³/mol. The predicted octanol–water partition coefficient (Wildman–Crippen LogP) is 2.69. The summed E-state index contributed by atoms with van der Waals surface area (Å²) in [5.74, 6) is -0.613. The molecule has 1 saturated heterocycles. The first-order valence-electron chi connectivity index (χ1n) is 10.1. The molecule has 2 amide bonds. The number of halogens is 1. The SMILES string of the molecule is CCCN1CCN(C(=O)CN)CC(Cc2ccc(-c3ccccc3F)cc2)C1=O. The minimum absolute atomic E-state index is 0.0496. The summed E-state index contributed by atoms with van der Waals surface area (Å²) in [6, 6.07) is 14.3. The summed E-state index contributed by atoms with van der Waals surface area (Å²) in [6.45, 7) is 4.12. The van der Waals surface area contributed by atoms with Crippen LogP contribution in [0.1, 0.15) is 18.9 Å². The Bertz CT molecular complexity index is 853. The van der Waals surface area contributed by atoms with Gasteiger partial charge in [-0.3, -0.25) is 9.59 Å². The lowest BCUT2D eigenvalue weighted by Crippen LogP contribution is -2.40. The molecule has 6 heteroatoms. The highest BCUT2D eigenvalue weighted by molar-refractivity contribution is 5.83. The molecule has 5 nitrogen and oxygen atoms in total. The quantitative estimate of drug-likeness (QED) is 0.815. The third kappa shape index (κ3) is 5.01. The minimum Gasteiger partial charge on any atom is -0.341 e. The van der Waals surface area contributed by atoms with Gasteiger partial charge in [-0.2, -0.15) is 0 Å². The molecule has 2 N–H and O–H groups in total. The minimum atomic E-state index is -0.307. The highest BCUT2D eigenvalue weighted by Crippen LogP contribution is 2.24. The number of amides is 2. The van der Waals surface area contributed by atoms with Gasteiger partial charge >= 0.3 is 0 Å². The van der Waals surface area contributed by atoms with E-state index in [2.05, 4.69) is 0 Å². The summed E-state index contributed by atoms with van der Waals surface area (Å²) >= 11 is 0. The fraction of sp³-hybridized carbons (Fsp3) is 0.391. The zero-order chi connectivity index (χ0) is 20.8. The Balaban J connectivity index is 1.79. The van der Waals surface area contributed by atoms with E-state index in [1.165, 1.54) is 6.07 Å². The maximum absolute atomic E-state index is 14.0. The third-order valence-electron chi connectivity index (χ3n) is 5.38. The van der Waals surface area contributed by atoms with E-state index in [1.54, 1.807) is 17.0 Å². The van der Waals surface area contributed by atoms with Crippen LogP contribution in [0.2, 0.25) is 0 Å². The molecule has 0 saturated carbocycles. The summed E-state index contributed by atoms with van der Waals surface area (Å²) in [7, 11) is 0. The Morgan fingerprint density at radius 1 is 1.14 bits per heavy atom. The maximum atomic E-state index is 14.0. The van der Waals surface area contributed by atoms with Gasteiger partial charge in [0.15, 0.2) is 0 Å². The van der Waals surface area contributed by atoms with Gasteiger partial charge in [0.25, 0.3) is 0 Å². The summed E-state index contributed by atoms with van der Waals surface area (Å²) in [5.41, 5.74) is 7.88. The molecule has 0 radical (unpaired) electrons. The normalized spacial score (nSPS) is 17.3. The second kappa shape index (κ2) is 9.65. The van der Waals surface area contributed by atoms with Gasteiger partial charge in [0, 0.05) is 31.7 Å². The van der Waals surface area contributed by atoms with Crippen molar-refractivity contribution in [1.82, 2.24) is 9.80 Å². The molecule has 2 aromatic carbocycles. The Labute approximate surface area is 171 Å². The molecule has 1 heterocycles. The fourth-order valence-electron chi connectivity index (χ4n) is 3.84. The van der Waals surface area contributed by atoms with Gasteiger partial charge in [0.1, 0.15) is 5.82 Å². The second-order valence-corrected chi connectivity index (χ2v) is 7.45. The molecular weight excluding hydrogens is 369 g/mol. The number of nitrogens with zero attached hydrogens (tertiary/aromatic N) is 2. The van der Waals surface area contributed by atoms with Crippen molar-refractivity contribution in [1.29, 1.82) is 0 Å². The van der Waals surface area contributed by atoms with Crippen molar-refractivity contribution in [3.63, 3.8) is 0 Å². The van der Waals surface area contributed by atoms with E-state index in [-0.39, 0.29) is 30.1 Å². The zero-order valence-corrected chi connectivity index (χ0v) is 16.8. The van der Waals surface area contributed by atoms with Crippen molar-refractivity contribution in [2.45, 2.75) is 19.8 Å². The van der Waals surface area contributed by atoms with E-state index in [9.17, 15) is 14.0 Å². The van der Waals surface area contributed by atoms with Crippen LogP contribution in [0.3, 0.4) is 0 Å². The Kier molecular flexibility index (Phi) is 6.99. The van der Waals surface area contributed by atoms with Crippen LogP contribution in [0, 0.1) is 11.7 Å². The standard InChI is InChI=1S/C23H28FN3O2/c1-2-11-26-12-13-27(22(28)15-25)16-19(23(26)29)14-17-7-9-18(10-8-17)20-5-3-4-6-21(20)24/h3-10,19H,2,11-16,25H2,1H3. The molecule has 0 aromatic heterocycles. The van der Waals surface area contributed by atoms with E-state index in [0.29, 0.717) is 38.2 Å². The van der Waals surface area contributed by atoms with Crippen LogP contribution in [-0.2, 0) is 16.0 Å². The van der Waals surface area contributed by atoms with E-state index in [1.807, 2.05) is 42.2 Å². The molecule has 1 unspecified atom stereocenters. The van der Waals surface area contributed by atoms with Gasteiger partial charge < -0.3 is 15.5 Å². The van der Waals surface area contributed by atoms with Gasteiger partial charge in [-0.25, -0.2) is 4.39 Å². The van der Waals surface area contributed by atoms with E-state index < -0.39 is 0 Å². The van der Waals surface area contributed by atoms with Gasteiger partial charge in [-0.1, -0.05) is 49.4 Å². The smallest absolute Gasteiger partial charge is 0.236 e. The molecule has 1 aliphatic rings. The number of hydrogen-bond acceptors (Lipinski definition) is 3. The number of hydrogen-bond donors (Lipinski definition) is 1. The molecule has 154 valence electrons. The first-order valence-corrected chi connectivity index (χ1v) is 10.1. The molecule has 2 aromatic rings. The Hall–Kier alpha value is -2.73. The van der Waals surface area contributed by atoms with Crippen LogP contribution in [0.4, 0.5) is 4.39 Å². The van der Waals surface area contributed by atoms with Crippen LogP contribution in [0.25, 0.3) is 11.1 Å². The monoisotopic (exact) mass is 397 g/mol. The molecule has 0 spiro atoms. The van der Waals surface area contributed by atoms with Crippen molar-refractivity contribution >= 4 is 11.8 Å². The van der Waals surface area contributed by atoms with Crippen molar-refractivity contribution in [2.75, 3.05) is 32.7 Å². The van der Waals surface area contributed by atoms with Crippen molar-refractivity contribution in [3.05, 3.63) is 59.9 Å². The molecule has 29 heavy (non-hydrogen) atoms. The highest BCUT2D eigenvalue weighted by atomic mass is 19.1. The lowest BCUT2D eigenvalue weighted by molar-refractivity contribution is -0.134. The number of carbonyl (C=O) groups excluding carboxylic acids is 2. The summed E-state index contributed by atoms with van der Waals surface area (Å²) in [6.07, 6.45) is 1.41. The molecule has 0 bridgehead atoms. The third-order valence-corrected chi connectivity index (χ3v) is 5.38. The molecule has 1 fully saturated rings. The van der Waals surface area contributed by atoms with Gasteiger partial charge in [-0.05, 0) is 30.0 Å². The topological polar surface area (TPSA) is 66.6 Å². The Morgan fingerprint density at radius 3 is 2.52 bits per heavy atom. The van der Waals surface area contributed by atoms with Crippen molar-refractivity contribution in [2.24, 2.45) is 11.7 Å². The van der Waals surface area contributed by atoms with Crippen LogP contribution >= 0.6 is 0 Å². The second-order valence-electron chi connectivity index (χ2n) is 7.45. The first kappa shape index (κ1) is 21.0. The van der Waals surface area contributed by atoms with Crippen molar-refractivity contribution in [3.8, 4) is 11.1 Å². The van der Waals surface area contributed by atoms with E-state index >= 15 is 0 Å². The average molecular weight is 397 g/mol. The fourth-order valence-corrected chi connectivity index (χ4v) is 3.84. The zero-order valence-electron chi connectivity index (χ0n) is 16.8. The average Bonchev–Trinajstić information content (AvgIpc) is 2.89. The lowest BCUT2D eigenvalue weighted by atomic mass is 9.95. The Morgan fingerprint density at radius 2 is 1.86 bits per heavy atom. The number of benzene rings is 2. The lowest BCUT2D eigenvalue weighted by Gasteiger charge is -2.23. The summed E-state index contributed by atoms with van der Waals surface area (Å²) < 4.78 is 14.0. The van der Waals surface area contributed by atoms with Crippen LogP contribution in [0.5, 0.6) is 0 Å². The first-order chi connectivity index (χ1) is 14.0. The molecular formula is C23H28FN3O2. The number of rotatable bonds is 6. The van der Waals surface area contributed by atoms with Gasteiger partial charge in [0.2, 0.25) is 11.8 Å². The highest BCUT2D eigenvalue weighted by Gasteiger charge is 2.31. The molecule has 3 rings (SSSR count). The molecule has 1 aliphatic heterocycles. The van der Waals surface area contributed by atoms with Crippen LogP contribution < -0.4 is 5.73 Å². The summed E-state index contributed by atoms with van der Waals surface area (Å²) in [4.78, 5) is 28.7. The maximum Gasteiger partial charge on any atom is 0.236 e. The number of nitrogens with two attached hydrogens (primary N) is 1. The molecule has 1 atom stereocenters. The molecule has 0 aliphatic carbocycles. The van der Waals surface area contributed by atoms with Gasteiger partial charge in [0.05, 0.1) is 12.5 Å². The van der Waals surface area contributed by atoms with Gasteiger partial charge in [-0.15, -0.1) is 0 Å². The van der Waals surface area contributed by atoms with Crippen LogP contribution in [0.15, 0.2) is 48.5 Å². The number of carbonyl (C=O) groups is 2. The van der Waals surface area contributed by atoms with Crippen molar-refractivity contribution < 1.29 is 14.0 Å². The van der Waals surface area contributed by atoms with E-state index in [4.69, 9.17) is 5.73 Å². The largest absolute Gasteiger partial charge is 0.341 e. The van der Waals surface area contributed by atoms with E-state index in [0.717, 1.165) is 17.5 Å².